The van der Waals surface area contributed by atoms with E-state index in [0.29, 0.717) is 12.5 Å². The maximum Gasteiger partial charge on any atom is 0.191 e. The van der Waals surface area contributed by atoms with Crippen molar-refractivity contribution in [2.75, 3.05) is 19.6 Å². The Morgan fingerprint density at radius 3 is 1.77 bits per heavy atom. The molecule has 0 spiro atoms. The summed E-state index contributed by atoms with van der Waals surface area (Å²) < 4.78 is 26.2. The van der Waals surface area contributed by atoms with Crippen LogP contribution >= 0.6 is 37.2 Å². The van der Waals surface area contributed by atoms with Crippen molar-refractivity contribution in [3.05, 3.63) is 89.5 Å². The highest BCUT2D eigenvalue weighted by Gasteiger charge is 2.09. The maximum atomic E-state index is 13.1. The number of nitrogens with zero attached hydrogens (tertiary/aromatic N) is 3. The molecule has 0 fully saturated rings. The number of halogens is 5. The van der Waals surface area contributed by atoms with E-state index in [-0.39, 0.29) is 48.9 Å². The minimum absolute atomic E-state index is 0. The Kier molecular flexibility index (Phi) is 16.8. The summed E-state index contributed by atoms with van der Waals surface area (Å²) in [5, 5.41) is 0. The molecule has 2 aromatic carbocycles. The molecule has 0 aliphatic heterocycles. The number of hydrogen-bond donors (Lipinski definition) is 2. The van der Waals surface area contributed by atoms with Crippen molar-refractivity contribution in [1.29, 1.82) is 0 Å². The SMILES string of the molecule is Cl.Cl.Cl.NC(=NCCCc1cnc[nH]1)N(CCCc1ccc(F)cc1)CCCc1ccc(F)cc1. The molecular formula is C25H34Cl3F2N5. The first-order valence-electron chi connectivity index (χ1n) is 11.1. The largest absolute Gasteiger partial charge is 0.370 e. The second-order valence-electron chi connectivity index (χ2n) is 7.87. The standard InChI is InChI=1S/C25H31F2N5.3ClH/c26-22-11-7-20(8-12-22)4-2-16-32(17-3-5-21-9-13-23(27)14-10-21)25(28)30-15-1-6-24-18-29-19-31-24;;;/h7-14,18-19H,1-6,15-17H2,(H2,28,30)(H,29,31);3*1H. The fourth-order valence-electron chi connectivity index (χ4n) is 3.58. The molecule has 3 N–H and O–H groups in total. The van der Waals surface area contributed by atoms with Crippen LogP contribution in [-0.4, -0.2) is 40.5 Å². The summed E-state index contributed by atoms with van der Waals surface area (Å²) in [6.07, 6.45) is 8.76. The fraction of sp³-hybridized carbons (Fsp3) is 0.360. The molecule has 0 saturated heterocycles. The van der Waals surface area contributed by atoms with Crippen LogP contribution in [0.15, 0.2) is 66.0 Å². The van der Waals surface area contributed by atoms with Gasteiger partial charge in [0.25, 0.3) is 0 Å². The molecule has 0 bridgehead atoms. The average Bonchev–Trinajstić information content (AvgIpc) is 3.32. The lowest BCUT2D eigenvalue weighted by Gasteiger charge is -2.24. The molecule has 5 nitrogen and oxygen atoms in total. The summed E-state index contributed by atoms with van der Waals surface area (Å²) in [5.41, 5.74) is 9.63. The normalized spacial score (nSPS) is 10.6. The van der Waals surface area contributed by atoms with Gasteiger partial charge in [0.2, 0.25) is 0 Å². The van der Waals surface area contributed by atoms with Gasteiger partial charge in [-0.1, -0.05) is 24.3 Å². The van der Waals surface area contributed by atoms with Crippen LogP contribution in [0.5, 0.6) is 0 Å². The number of rotatable bonds is 12. The molecule has 3 rings (SSSR count). The molecule has 1 heterocycles. The number of hydrogen-bond acceptors (Lipinski definition) is 2. The van der Waals surface area contributed by atoms with Crippen LogP contribution in [-0.2, 0) is 19.3 Å². The number of aliphatic imine (C=N–C) groups is 1. The van der Waals surface area contributed by atoms with Crippen LogP contribution in [0.3, 0.4) is 0 Å². The third-order valence-corrected chi connectivity index (χ3v) is 5.37. The number of guanidine groups is 1. The average molecular weight is 549 g/mol. The van der Waals surface area contributed by atoms with Gasteiger partial charge in [-0.05, 0) is 73.9 Å². The Morgan fingerprint density at radius 2 is 1.31 bits per heavy atom. The Balaban J connectivity index is 0.00000385. The highest BCUT2D eigenvalue weighted by atomic mass is 35.5. The first-order chi connectivity index (χ1) is 15.6. The van der Waals surface area contributed by atoms with Gasteiger partial charge in [0.15, 0.2) is 5.96 Å². The smallest absolute Gasteiger partial charge is 0.191 e. The second-order valence-corrected chi connectivity index (χ2v) is 7.87. The number of aromatic amines is 1. The monoisotopic (exact) mass is 547 g/mol. The summed E-state index contributed by atoms with van der Waals surface area (Å²) in [7, 11) is 0. The molecule has 0 radical (unpaired) electrons. The predicted molar refractivity (Wildman–Crippen MR) is 146 cm³/mol. The van der Waals surface area contributed by atoms with E-state index >= 15 is 0 Å². The molecule has 0 unspecified atom stereocenters. The van der Waals surface area contributed by atoms with Gasteiger partial charge >= 0.3 is 0 Å². The maximum absolute atomic E-state index is 13.1. The Morgan fingerprint density at radius 1 is 0.800 bits per heavy atom. The summed E-state index contributed by atoms with van der Waals surface area (Å²) in [6.45, 7) is 2.20. The van der Waals surface area contributed by atoms with Crippen molar-refractivity contribution in [2.45, 2.75) is 38.5 Å². The zero-order valence-electron chi connectivity index (χ0n) is 19.5. The van der Waals surface area contributed by atoms with Crippen LogP contribution in [0.2, 0.25) is 0 Å². The number of benzene rings is 2. The number of nitrogens with two attached hydrogens (primary N) is 1. The van der Waals surface area contributed by atoms with Gasteiger partial charge in [-0.15, -0.1) is 37.2 Å². The Hall–Kier alpha value is -2.35. The summed E-state index contributed by atoms with van der Waals surface area (Å²) >= 11 is 0. The zero-order chi connectivity index (χ0) is 22.6. The van der Waals surface area contributed by atoms with Gasteiger partial charge in [0.1, 0.15) is 11.6 Å². The minimum Gasteiger partial charge on any atom is -0.370 e. The third-order valence-electron chi connectivity index (χ3n) is 5.37. The first-order valence-corrected chi connectivity index (χ1v) is 11.1. The predicted octanol–water partition coefficient (Wildman–Crippen LogP) is 5.77. The first kappa shape index (κ1) is 32.6. The van der Waals surface area contributed by atoms with E-state index < -0.39 is 0 Å². The third kappa shape index (κ3) is 12.3. The lowest BCUT2D eigenvalue weighted by molar-refractivity contribution is 0.396. The molecule has 194 valence electrons. The molecule has 35 heavy (non-hydrogen) atoms. The lowest BCUT2D eigenvalue weighted by Crippen LogP contribution is -2.39. The van der Waals surface area contributed by atoms with Gasteiger partial charge in [0, 0.05) is 31.5 Å². The molecule has 0 aliphatic rings. The van der Waals surface area contributed by atoms with Crippen LogP contribution in [0.25, 0.3) is 0 Å². The van der Waals surface area contributed by atoms with Crippen molar-refractivity contribution in [2.24, 2.45) is 10.7 Å². The van der Waals surface area contributed by atoms with Gasteiger partial charge in [0.05, 0.1) is 6.33 Å². The van der Waals surface area contributed by atoms with E-state index in [0.717, 1.165) is 68.4 Å². The van der Waals surface area contributed by atoms with Gasteiger partial charge in [-0.3, -0.25) is 4.99 Å². The highest BCUT2D eigenvalue weighted by molar-refractivity contribution is 5.86. The minimum atomic E-state index is -0.220. The van der Waals surface area contributed by atoms with E-state index in [1.807, 2.05) is 30.5 Å². The Bertz CT molecular complexity index is 901. The van der Waals surface area contributed by atoms with Crippen molar-refractivity contribution in [1.82, 2.24) is 14.9 Å². The quantitative estimate of drug-likeness (QED) is 0.172. The van der Waals surface area contributed by atoms with Crippen LogP contribution < -0.4 is 5.73 Å². The number of aromatic nitrogens is 2. The fourth-order valence-corrected chi connectivity index (χ4v) is 3.58. The van der Waals surface area contributed by atoms with E-state index in [1.165, 1.54) is 24.3 Å². The van der Waals surface area contributed by atoms with Crippen molar-refractivity contribution in [3.8, 4) is 0 Å². The number of imidazole rings is 1. The van der Waals surface area contributed by atoms with Gasteiger partial charge in [-0.2, -0.15) is 0 Å². The number of aryl methyl sites for hydroxylation is 3. The lowest BCUT2D eigenvalue weighted by atomic mass is 10.1. The van der Waals surface area contributed by atoms with E-state index in [1.54, 1.807) is 6.33 Å². The van der Waals surface area contributed by atoms with Gasteiger partial charge in [-0.25, -0.2) is 13.8 Å². The summed E-state index contributed by atoms with van der Waals surface area (Å²) in [4.78, 5) is 13.8. The number of nitrogens with one attached hydrogen (secondary N) is 1. The van der Waals surface area contributed by atoms with Crippen molar-refractivity contribution >= 4 is 43.2 Å². The molecule has 3 aromatic rings. The van der Waals surface area contributed by atoms with Crippen molar-refractivity contribution < 1.29 is 8.78 Å². The number of H-pyrrole nitrogens is 1. The molecular weight excluding hydrogens is 515 g/mol. The van der Waals surface area contributed by atoms with Crippen LogP contribution in [0, 0.1) is 11.6 Å². The van der Waals surface area contributed by atoms with E-state index in [4.69, 9.17) is 5.73 Å². The summed E-state index contributed by atoms with van der Waals surface area (Å²) in [6, 6.07) is 13.2. The Labute approximate surface area is 224 Å². The zero-order valence-corrected chi connectivity index (χ0v) is 22.0. The second kappa shape index (κ2) is 18.0. The molecule has 0 saturated carbocycles. The van der Waals surface area contributed by atoms with Crippen LogP contribution in [0.4, 0.5) is 8.78 Å². The summed E-state index contributed by atoms with van der Waals surface area (Å²) in [5.74, 6) is 0.109. The molecule has 0 aliphatic carbocycles. The van der Waals surface area contributed by atoms with Crippen molar-refractivity contribution in [3.63, 3.8) is 0 Å². The highest BCUT2D eigenvalue weighted by Crippen LogP contribution is 2.09. The van der Waals surface area contributed by atoms with E-state index in [9.17, 15) is 8.78 Å². The molecule has 10 heteroatoms. The topological polar surface area (TPSA) is 70.3 Å². The molecule has 0 amide bonds. The van der Waals surface area contributed by atoms with E-state index in [2.05, 4.69) is 19.9 Å². The van der Waals surface area contributed by atoms with Gasteiger partial charge < -0.3 is 15.6 Å². The molecule has 1 aromatic heterocycles. The molecule has 0 atom stereocenters. The van der Waals surface area contributed by atoms with Crippen LogP contribution in [0.1, 0.15) is 36.1 Å².